The lowest BCUT2D eigenvalue weighted by atomic mass is 10.0. The average Bonchev–Trinajstić information content (AvgIpc) is 3.46. The first-order valence-electron chi connectivity index (χ1n) is 34.0. The van der Waals surface area contributed by atoms with E-state index in [1.807, 2.05) is 0 Å². The maximum absolute atomic E-state index is 12.9. The van der Waals surface area contributed by atoms with E-state index in [1.54, 1.807) is 0 Å². The van der Waals surface area contributed by atoms with Crippen molar-refractivity contribution >= 4 is 17.9 Å². The van der Waals surface area contributed by atoms with Crippen LogP contribution >= 0.6 is 0 Å². The maximum atomic E-state index is 12.9. The minimum Gasteiger partial charge on any atom is -0.462 e. The number of carbonyl (C=O) groups excluding carboxylic acids is 3. The summed E-state index contributed by atoms with van der Waals surface area (Å²) in [5.41, 5.74) is 0. The second kappa shape index (κ2) is 68.3. The van der Waals surface area contributed by atoms with Gasteiger partial charge in [-0.2, -0.15) is 0 Å². The first kappa shape index (κ1) is 76.8. The number of esters is 3. The van der Waals surface area contributed by atoms with Crippen molar-refractivity contribution in [2.45, 2.75) is 322 Å². The smallest absolute Gasteiger partial charge is 0.306 e. The van der Waals surface area contributed by atoms with Gasteiger partial charge in [-0.3, -0.25) is 14.4 Å². The largest absolute Gasteiger partial charge is 0.462 e. The lowest BCUT2D eigenvalue weighted by Gasteiger charge is -2.18. The predicted octanol–water partition coefficient (Wildman–Crippen LogP) is 23.6. The van der Waals surface area contributed by atoms with Crippen LogP contribution in [-0.4, -0.2) is 37.2 Å². The van der Waals surface area contributed by atoms with Gasteiger partial charge in [0, 0.05) is 19.3 Å². The molecular weight excluding hydrogens is 997 g/mol. The Morgan fingerprint density at radius 2 is 0.481 bits per heavy atom. The van der Waals surface area contributed by atoms with E-state index in [0.29, 0.717) is 19.3 Å². The molecule has 0 rings (SSSR count). The Hall–Kier alpha value is -4.19. The quantitative estimate of drug-likeness (QED) is 0.0261. The van der Waals surface area contributed by atoms with Gasteiger partial charge in [-0.15, -0.1) is 0 Å². The number of hydrogen-bond donors (Lipinski definition) is 0. The highest BCUT2D eigenvalue weighted by molar-refractivity contribution is 5.71. The van der Waals surface area contributed by atoms with E-state index < -0.39 is 6.10 Å². The van der Waals surface area contributed by atoms with Crippen LogP contribution in [0.5, 0.6) is 0 Å². The third-order valence-electron chi connectivity index (χ3n) is 14.5. The standard InChI is InChI=1S/C75H126O6/c1-4-7-10-13-16-19-22-25-27-29-31-32-33-34-35-36-37-38-39-40-41-42-44-45-47-50-53-56-59-62-65-68-74(77)80-71-72(70-79-73(76)67-64-61-58-55-52-49-24-21-18-15-12-9-6-3)81-75(78)69-66-63-60-57-54-51-48-46-43-30-28-26-23-20-17-14-11-8-5-2/h7-8,10-11,16-17,19-20,25-28,31-32,34-35,37-38,43,46,72H,4-6,9,12-15,18,21-24,29-30,33,36,39-42,44-45,47-71H2,1-3H3/b10-7-,11-8-,19-16-,20-17-,27-25-,28-26-,32-31-,35-34-,38-37-,46-43-. The van der Waals surface area contributed by atoms with Crippen LogP contribution in [-0.2, 0) is 28.6 Å². The summed E-state index contributed by atoms with van der Waals surface area (Å²) in [5, 5.41) is 0. The zero-order valence-corrected chi connectivity index (χ0v) is 53.0. The van der Waals surface area contributed by atoms with E-state index in [4.69, 9.17) is 14.2 Å². The second-order valence-electron chi connectivity index (χ2n) is 22.3. The fourth-order valence-electron chi connectivity index (χ4n) is 9.44. The monoisotopic (exact) mass is 1120 g/mol. The fourth-order valence-corrected chi connectivity index (χ4v) is 9.44. The van der Waals surface area contributed by atoms with Gasteiger partial charge in [0.2, 0.25) is 0 Å². The minimum absolute atomic E-state index is 0.0827. The molecule has 0 aromatic rings. The molecule has 0 aromatic carbocycles. The van der Waals surface area contributed by atoms with Gasteiger partial charge >= 0.3 is 17.9 Å². The lowest BCUT2D eigenvalue weighted by molar-refractivity contribution is -0.167. The molecule has 462 valence electrons. The van der Waals surface area contributed by atoms with Gasteiger partial charge in [0.1, 0.15) is 13.2 Å². The summed E-state index contributed by atoms with van der Waals surface area (Å²) >= 11 is 0. The Kier molecular flexibility index (Phi) is 64.8. The Labute approximate surface area is 501 Å². The molecule has 1 unspecified atom stereocenters. The fraction of sp³-hybridized carbons (Fsp3) is 0.693. The SMILES string of the molecule is CC/C=C\C/C=C\C/C=C\C/C=C\C/C=C\C/C=C\CCCCCCCCCCCCCCC(=O)OCC(COC(=O)CCCCCCCCCCCCCCC)OC(=O)CCCCCCCC/C=C\C/C=C\C/C=C\C/C=C\CC. The molecule has 0 N–H and O–H groups in total. The molecule has 1 atom stereocenters. The summed E-state index contributed by atoms with van der Waals surface area (Å²) in [6.07, 6.45) is 95.0. The molecule has 0 heterocycles. The molecule has 0 fully saturated rings. The number of hydrogen-bond acceptors (Lipinski definition) is 6. The Bertz CT molecular complexity index is 1670. The first-order valence-corrected chi connectivity index (χ1v) is 34.0. The van der Waals surface area contributed by atoms with Crippen molar-refractivity contribution in [2.75, 3.05) is 13.2 Å². The van der Waals surface area contributed by atoms with Crippen LogP contribution in [0.15, 0.2) is 122 Å². The van der Waals surface area contributed by atoms with Gasteiger partial charge in [0.25, 0.3) is 0 Å². The van der Waals surface area contributed by atoms with E-state index in [9.17, 15) is 14.4 Å². The molecule has 0 aliphatic heterocycles. The van der Waals surface area contributed by atoms with E-state index in [1.165, 1.54) is 141 Å². The average molecular weight is 1120 g/mol. The molecular formula is C75H126O6. The topological polar surface area (TPSA) is 78.9 Å². The van der Waals surface area contributed by atoms with Gasteiger partial charge < -0.3 is 14.2 Å². The molecule has 6 heteroatoms. The molecule has 0 aromatic heterocycles. The summed E-state index contributed by atoms with van der Waals surface area (Å²) in [6, 6.07) is 0. The molecule has 6 nitrogen and oxygen atoms in total. The van der Waals surface area contributed by atoms with Crippen LogP contribution in [0.3, 0.4) is 0 Å². The van der Waals surface area contributed by atoms with Gasteiger partial charge in [-0.05, 0) is 109 Å². The van der Waals surface area contributed by atoms with Crippen molar-refractivity contribution < 1.29 is 28.6 Å². The molecule has 0 aliphatic rings. The normalized spacial score (nSPS) is 12.9. The van der Waals surface area contributed by atoms with E-state index in [0.717, 1.165) is 135 Å². The first-order chi connectivity index (χ1) is 40.0. The molecule has 0 amide bonds. The second-order valence-corrected chi connectivity index (χ2v) is 22.3. The van der Waals surface area contributed by atoms with Crippen molar-refractivity contribution in [2.24, 2.45) is 0 Å². The number of carbonyl (C=O) groups is 3. The zero-order valence-electron chi connectivity index (χ0n) is 53.0. The summed E-state index contributed by atoms with van der Waals surface area (Å²) in [4.78, 5) is 38.4. The number of allylic oxidation sites excluding steroid dienone is 20. The molecule has 0 radical (unpaired) electrons. The number of ether oxygens (including phenoxy) is 3. The zero-order chi connectivity index (χ0) is 58.5. The van der Waals surface area contributed by atoms with E-state index in [-0.39, 0.29) is 31.1 Å². The summed E-state index contributed by atoms with van der Waals surface area (Å²) < 4.78 is 16.9. The van der Waals surface area contributed by atoms with Crippen LogP contribution in [0.2, 0.25) is 0 Å². The third-order valence-corrected chi connectivity index (χ3v) is 14.5. The van der Waals surface area contributed by atoms with Crippen molar-refractivity contribution in [1.82, 2.24) is 0 Å². The highest BCUT2D eigenvalue weighted by atomic mass is 16.6. The van der Waals surface area contributed by atoms with Gasteiger partial charge in [0.05, 0.1) is 0 Å². The third kappa shape index (κ3) is 66.5. The Morgan fingerprint density at radius 3 is 0.753 bits per heavy atom. The molecule has 0 saturated heterocycles. The van der Waals surface area contributed by atoms with Gasteiger partial charge in [-0.25, -0.2) is 0 Å². The van der Waals surface area contributed by atoms with Crippen LogP contribution in [0.4, 0.5) is 0 Å². The lowest BCUT2D eigenvalue weighted by Crippen LogP contribution is -2.30. The number of rotatable bonds is 61. The summed E-state index contributed by atoms with van der Waals surface area (Å²) in [7, 11) is 0. The highest BCUT2D eigenvalue weighted by Crippen LogP contribution is 2.17. The van der Waals surface area contributed by atoms with Crippen LogP contribution in [0.1, 0.15) is 316 Å². The maximum Gasteiger partial charge on any atom is 0.306 e. The molecule has 0 spiro atoms. The van der Waals surface area contributed by atoms with Crippen LogP contribution in [0.25, 0.3) is 0 Å². The van der Waals surface area contributed by atoms with Crippen molar-refractivity contribution in [3.05, 3.63) is 122 Å². The predicted molar refractivity (Wildman–Crippen MR) is 353 cm³/mol. The summed E-state index contributed by atoms with van der Waals surface area (Å²) in [6.45, 7) is 6.42. The molecule has 0 aliphatic carbocycles. The Morgan fingerprint density at radius 1 is 0.259 bits per heavy atom. The van der Waals surface area contributed by atoms with Crippen LogP contribution in [0, 0.1) is 0 Å². The van der Waals surface area contributed by atoms with Crippen molar-refractivity contribution in [3.63, 3.8) is 0 Å². The highest BCUT2D eigenvalue weighted by Gasteiger charge is 2.19. The van der Waals surface area contributed by atoms with Gasteiger partial charge in [-0.1, -0.05) is 309 Å². The van der Waals surface area contributed by atoms with Crippen molar-refractivity contribution in [1.29, 1.82) is 0 Å². The number of unbranched alkanes of at least 4 members (excludes halogenated alkanes) is 30. The van der Waals surface area contributed by atoms with Gasteiger partial charge in [0.15, 0.2) is 6.10 Å². The van der Waals surface area contributed by atoms with E-state index >= 15 is 0 Å². The minimum atomic E-state index is -0.788. The molecule has 0 saturated carbocycles. The van der Waals surface area contributed by atoms with Crippen LogP contribution < -0.4 is 0 Å². The molecule has 0 bridgehead atoms. The molecule has 81 heavy (non-hydrogen) atoms. The summed E-state index contributed by atoms with van der Waals surface area (Å²) in [5.74, 6) is -0.889. The van der Waals surface area contributed by atoms with Crippen molar-refractivity contribution in [3.8, 4) is 0 Å². The Balaban J connectivity index is 4.28. The van der Waals surface area contributed by atoms with E-state index in [2.05, 4.69) is 142 Å².